The van der Waals surface area contributed by atoms with E-state index in [9.17, 15) is 0 Å². The maximum atomic E-state index is 4.20. The first-order chi connectivity index (χ1) is 6.76. The van der Waals surface area contributed by atoms with Gasteiger partial charge in [-0.2, -0.15) is 5.10 Å². The van der Waals surface area contributed by atoms with E-state index in [2.05, 4.69) is 49.5 Å². The largest absolute Gasteiger partial charge is 0.311 e. The lowest BCUT2D eigenvalue weighted by atomic mass is 10.2. The van der Waals surface area contributed by atoms with Gasteiger partial charge in [-0.15, -0.1) is 0 Å². The molecular weight excluding hydrogens is 174 g/mol. The number of rotatable bonds is 5. The highest BCUT2D eigenvalue weighted by molar-refractivity contribution is 5.47. The van der Waals surface area contributed by atoms with Gasteiger partial charge in [-0.3, -0.25) is 4.68 Å². The predicted molar refractivity (Wildman–Crippen MR) is 60.1 cm³/mol. The lowest BCUT2D eigenvalue weighted by Gasteiger charge is -2.04. The lowest BCUT2D eigenvalue weighted by Crippen LogP contribution is -2.22. The van der Waals surface area contributed by atoms with Crippen LogP contribution in [0.1, 0.15) is 26.3 Å². The summed E-state index contributed by atoms with van der Waals surface area (Å²) in [5.74, 6) is 0. The van der Waals surface area contributed by atoms with E-state index in [-0.39, 0.29) is 0 Å². The summed E-state index contributed by atoms with van der Waals surface area (Å²) in [5, 5.41) is 7.53. The highest BCUT2D eigenvalue weighted by Gasteiger charge is 1.94. The van der Waals surface area contributed by atoms with E-state index in [0.717, 1.165) is 18.7 Å². The molecule has 1 N–H and O–H groups in total. The second kappa shape index (κ2) is 5.60. The Balaban J connectivity index is 2.50. The van der Waals surface area contributed by atoms with Gasteiger partial charge in [-0.25, -0.2) is 0 Å². The lowest BCUT2D eigenvalue weighted by molar-refractivity contribution is 0.659. The minimum atomic E-state index is 0.421. The van der Waals surface area contributed by atoms with Gasteiger partial charge in [0.1, 0.15) is 0 Å². The van der Waals surface area contributed by atoms with E-state index in [1.807, 2.05) is 10.9 Å². The van der Waals surface area contributed by atoms with Gasteiger partial charge < -0.3 is 5.32 Å². The van der Waals surface area contributed by atoms with Crippen molar-refractivity contribution in [3.05, 3.63) is 24.0 Å². The molecule has 0 amide bonds. The molecule has 0 saturated heterocycles. The molecule has 0 spiro atoms. The van der Waals surface area contributed by atoms with Crippen LogP contribution in [0.25, 0.3) is 6.08 Å². The van der Waals surface area contributed by atoms with Gasteiger partial charge in [-0.1, -0.05) is 19.1 Å². The third-order valence-corrected chi connectivity index (χ3v) is 2.08. The monoisotopic (exact) mass is 193 g/mol. The summed E-state index contributed by atoms with van der Waals surface area (Å²) in [5.41, 5.74) is 1.16. The first-order valence-electron chi connectivity index (χ1n) is 5.20. The van der Waals surface area contributed by atoms with E-state index in [4.69, 9.17) is 0 Å². The van der Waals surface area contributed by atoms with Crippen LogP contribution in [0.5, 0.6) is 0 Å². The molecule has 0 aliphatic carbocycles. The Labute approximate surface area is 85.8 Å². The Morgan fingerprint density at radius 1 is 1.57 bits per heavy atom. The van der Waals surface area contributed by atoms with Crippen molar-refractivity contribution >= 4 is 6.08 Å². The highest BCUT2D eigenvalue weighted by atomic mass is 15.3. The topological polar surface area (TPSA) is 29.9 Å². The van der Waals surface area contributed by atoms with Gasteiger partial charge in [0.2, 0.25) is 0 Å². The summed E-state index contributed by atoms with van der Waals surface area (Å²) >= 11 is 0. The van der Waals surface area contributed by atoms with Gasteiger partial charge in [0, 0.05) is 24.3 Å². The molecule has 1 rings (SSSR count). The first kappa shape index (κ1) is 11.0. The van der Waals surface area contributed by atoms with E-state index in [1.54, 1.807) is 0 Å². The molecule has 0 aliphatic heterocycles. The van der Waals surface area contributed by atoms with Crippen molar-refractivity contribution in [3.63, 3.8) is 0 Å². The van der Waals surface area contributed by atoms with Crippen molar-refractivity contribution in [2.75, 3.05) is 6.54 Å². The van der Waals surface area contributed by atoms with Crippen LogP contribution in [0.3, 0.4) is 0 Å². The standard InChI is InChI=1S/C11H19N3/c1-4-12-10(3)6-7-11-8-13-14(5-2)9-11/h6-10,12H,4-5H2,1-3H3/b7-6+. The molecule has 0 saturated carbocycles. The molecule has 1 aromatic rings. The fourth-order valence-electron chi connectivity index (χ4n) is 1.28. The highest BCUT2D eigenvalue weighted by Crippen LogP contribution is 2.01. The van der Waals surface area contributed by atoms with Crippen molar-refractivity contribution in [2.24, 2.45) is 0 Å². The minimum Gasteiger partial charge on any atom is -0.311 e. The summed E-state index contributed by atoms with van der Waals surface area (Å²) in [7, 11) is 0. The predicted octanol–water partition coefficient (Wildman–Crippen LogP) is 1.91. The summed E-state index contributed by atoms with van der Waals surface area (Å²) in [6.07, 6.45) is 8.20. The molecule has 78 valence electrons. The molecule has 0 bridgehead atoms. The normalized spacial score (nSPS) is 13.6. The average Bonchev–Trinajstić information content (AvgIpc) is 2.63. The Kier molecular flexibility index (Phi) is 4.40. The molecular formula is C11H19N3. The molecule has 0 radical (unpaired) electrons. The Morgan fingerprint density at radius 2 is 2.36 bits per heavy atom. The smallest absolute Gasteiger partial charge is 0.0562 e. The van der Waals surface area contributed by atoms with Gasteiger partial charge in [-0.05, 0) is 20.4 Å². The zero-order valence-electron chi connectivity index (χ0n) is 9.20. The summed E-state index contributed by atoms with van der Waals surface area (Å²) < 4.78 is 1.93. The number of nitrogens with one attached hydrogen (secondary N) is 1. The van der Waals surface area contributed by atoms with Gasteiger partial charge in [0.15, 0.2) is 0 Å². The third-order valence-electron chi connectivity index (χ3n) is 2.08. The molecule has 0 aromatic carbocycles. The van der Waals surface area contributed by atoms with Crippen molar-refractivity contribution in [1.29, 1.82) is 0 Å². The van der Waals surface area contributed by atoms with E-state index in [1.165, 1.54) is 0 Å². The Hall–Kier alpha value is -1.09. The summed E-state index contributed by atoms with van der Waals surface area (Å²) in [6.45, 7) is 8.27. The number of nitrogens with zero attached hydrogens (tertiary/aromatic N) is 2. The zero-order valence-corrected chi connectivity index (χ0v) is 9.20. The molecule has 1 unspecified atom stereocenters. The Morgan fingerprint density at radius 3 is 2.93 bits per heavy atom. The number of aryl methyl sites for hydroxylation is 1. The number of likely N-dealkylation sites (N-methyl/N-ethyl adjacent to an activating group) is 1. The van der Waals surface area contributed by atoms with Crippen LogP contribution in [-0.4, -0.2) is 22.4 Å². The van der Waals surface area contributed by atoms with Crippen molar-refractivity contribution in [2.45, 2.75) is 33.4 Å². The van der Waals surface area contributed by atoms with Gasteiger partial charge in [0.25, 0.3) is 0 Å². The number of hydrogen-bond donors (Lipinski definition) is 1. The molecule has 1 aromatic heterocycles. The molecule has 0 aliphatic rings. The SMILES string of the molecule is CCNC(C)/C=C/c1cnn(CC)c1. The quantitative estimate of drug-likeness (QED) is 0.774. The number of aromatic nitrogens is 2. The second-order valence-electron chi connectivity index (χ2n) is 3.33. The third kappa shape index (κ3) is 3.34. The molecule has 14 heavy (non-hydrogen) atoms. The van der Waals surface area contributed by atoms with E-state index in [0.29, 0.717) is 6.04 Å². The second-order valence-corrected chi connectivity index (χ2v) is 3.33. The van der Waals surface area contributed by atoms with Crippen molar-refractivity contribution in [3.8, 4) is 0 Å². The fraction of sp³-hybridized carbons (Fsp3) is 0.545. The van der Waals surface area contributed by atoms with Crippen LogP contribution in [-0.2, 0) is 6.54 Å². The summed E-state index contributed by atoms with van der Waals surface area (Å²) in [4.78, 5) is 0. The molecule has 0 fully saturated rings. The van der Waals surface area contributed by atoms with Crippen molar-refractivity contribution < 1.29 is 0 Å². The van der Waals surface area contributed by atoms with Crippen LogP contribution >= 0.6 is 0 Å². The van der Waals surface area contributed by atoms with Crippen LogP contribution in [0.15, 0.2) is 18.5 Å². The van der Waals surface area contributed by atoms with Crippen LogP contribution in [0.2, 0.25) is 0 Å². The van der Waals surface area contributed by atoms with E-state index >= 15 is 0 Å². The minimum absolute atomic E-state index is 0.421. The van der Waals surface area contributed by atoms with Gasteiger partial charge in [0.05, 0.1) is 6.20 Å². The molecule has 3 heteroatoms. The van der Waals surface area contributed by atoms with Crippen LogP contribution < -0.4 is 5.32 Å². The van der Waals surface area contributed by atoms with Crippen LogP contribution in [0, 0.1) is 0 Å². The molecule has 3 nitrogen and oxygen atoms in total. The van der Waals surface area contributed by atoms with Gasteiger partial charge >= 0.3 is 0 Å². The first-order valence-corrected chi connectivity index (χ1v) is 5.20. The summed E-state index contributed by atoms with van der Waals surface area (Å²) in [6, 6.07) is 0.421. The molecule has 1 heterocycles. The number of hydrogen-bond acceptors (Lipinski definition) is 2. The van der Waals surface area contributed by atoms with Crippen LogP contribution in [0.4, 0.5) is 0 Å². The average molecular weight is 193 g/mol. The van der Waals surface area contributed by atoms with Crippen molar-refractivity contribution in [1.82, 2.24) is 15.1 Å². The maximum Gasteiger partial charge on any atom is 0.0562 e. The Bertz CT molecular complexity index is 288. The fourth-order valence-corrected chi connectivity index (χ4v) is 1.28. The zero-order chi connectivity index (χ0) is 10.4. The van der Waals surface area contributed by atoms with E-state index < -0.39 is 0 Å². The molecule has 1 atom stereocenters. The maximum absolute atomic E-state index is 4.20.